The van der Waals surface area contributed by atoms with Crippen molar-refractivity contribution in [1.82, 2.24) is 0 Å². The molecule has 0 aliphatic heterocycles. The molecular weight excluding hydrogens is 412 g/mol. The summed E-state index contributed by atoms with van der Waals surface area (Å²) in [5.41, 5.74) is -1.63. The minimum Gasteiger partial charge on any atom is -0.481 e. The fourth-order valence-electron chi connectivity index (χ4n) is 4.06. The van der Waals surface area contributed by atoms with E-state index in [4.69, 9.17) is 5.11 Å². The van der Waals surface area contributed by atoms with Crippen molar-refractivity contribution in [2.75, 3.05) is 0 Å². The van der Waals surface area contributed by atoms with Gasteiger partial charge in [0, 0.05) is 0 Å². The molecule has 0 fully saturated rings. The van der Waals surface area contributed by atoms with Gasteiger partial charge in [0.05, 0.1) is 12.3 Å². The Bertz CT molecular complexity index is 759. The lowest BCUT2D eigenvalue weighted by Crippen LogP contribution is -2.50. The van der Waals surface area contributed by atoms with Crippen molar-refractivity contribution in [1.29, 1.82) is 0 Å². The summed E-state index contributed by atoms with van der Waals surface area (Å²) in [6.45, 7) is 4.41. The summed E-state index contributed by atoms with van der Waals surface area (Å²) in [7, 11) is 0. The number of hydrogen-bond donors (Lipinski definition) is 4. The lowest BCUT2D eigenvalue weighted by atomic mass is 9.81. The van der Waals surface area contributed by atoms with Crippen LogP contribution in [0.5, 0.6) is 0 Å². The number of unbranched alkanes of at least 4 members (excludes halogenated alkanes) is 2. The van der Waals surface area contributed by atoms with Crippen molar-refractivity contribution in [3.63, 3.8) is 0 Å². The Hall–Kier alpha value is -2.67. The molecule has 0 aliphatic carbocycles. The zero-order valence-electron chi connectivity index (χ0n) is 18.9. The zero-order valence-corrected chi connectivity index (χ0v) is 18.9. The summed E-state index contributed by atoms with van der Waals surface area (Å²) in [6.07, 6.45) is 8.11. The van der Waals surface area contributed by atoms with E-state index in [1.165, 1.54) is 5.56 Å². The van der Waals surface area contributed by atoms with Gasteiger partial charge in [-0.2, -0.15) is 0 Å². The van der Waals surface area contributed by atoms with Crippen LogP contribution in [0.2, 0.25) is 0 Å². The van der Waals surface area contributed by atoms with Gasteiger partial charge in [0.2, 0.25) is 0 Å². The zero-order chi connectivity index (χ0) is 24.1. The fraction of sp³-hybridized carbons (Fsp3) is 0.560. The maximum atomic E-state index is 11.5. The average molecular weight is 449 g/mol. The third-order valence-corrected chi connectivity index (χ3v) is 5.81. The molecule has 4 N–H and O–H groups in total. The first-order valence-corrected chi connectivity index (χ1v) is 11.2. The monoisotopic (exact) mass is 448 g/mol. The van der Waals surface area contributed by atoms with Crippen molar-refractivity contribution in [2.45, 2.75) is 70.8 Å². The Morgan fingerprint density at radius 2 is 1.56 bits per heavy atom. The Morgan fingerprint density at radius 1 is 0.938 bits per heavy atom. The maximum absolute atomic E-state index is 11.5. The highest BCUT2D eigenvalue weighted by atomic mass is 16.4. The highest BCUT2D eigenvalue weighted by Gasteiger charge is 2.49. The van der Waals surface area contributed by atoms with Gasteiger partial charge in [0.25, 0.3) is 0 Å². The van der Waals surface area contributed by atoms with Gasteiger partial charge >= 0.3 is 17.9 Å². The number of aliphatic carboxylic acids is 3. The maximum Gasteiger partial charge on any atom is 0.337 e. The molecule has 1 rings (SSSR count). The van der Waals surface area contributed by atoms with Crippen molar-refractivity contribution in [3.05, 3.63) is 42.0 Å². The van der Waals surface area contributed by atoms with Crippen LogP contribution in [0.15, 0.2) is 36.4 Å². The second kappa shape index (κ2) is 13.7. The number of carboxylic acid groups (broad SMARTS) is 3. The Morgan fingerprint density at radius 3 is 2.12 bits per heavy atom. The summed E-state index contributed by atoms with van der Waals surface area (Å²) in [5.74, 6) is -5.48. The third kappa shape index (κ3) is 9.64. The molecule has 0 aliphatic rings. The van der Waals surface area contributed by atoms with Crippen LogP contribution in [0.25, 0.3) is 6.08 Å². The Kier molecular flexibility index (Phi) is 11.7. The normalized spacial score (nSPS) is 16.2. The molecule has 4 unspecified atom stereocenters. The van der Waals surface area contributed by atoms with Crippen LogP contribution in [-0.2, 0) is 14.4 Å². The van der Waals surface area contributed by atoms with Crippen LogP contribution in [0.4, 0.5) is 0 Å². The van der Waals surface area contributed by atoms with Crippen LogP contribution in [0.1, 0.15) is 70.8 Å². The molecule has 1 aromatic rings. The molecular formula is C25H36O7. The number of carbonyl (C=O) groups is 3. The molecule has 0 aromatic heterocycles. The average Bonchev–Trinajstić information content (AvgIpc) is 2.70. The van der Waals surface area contributed by atoms with Crippen molar-refractivity contribution in [2.24, 2.45) is 17.8 Å². The van der Waals surface area contributed by atoms with Gasteiger partial charge in [-0.3, -0.25) is 9.59 Å². The van der Waals surface area contributed by atoms with Crippen LogP contribution in [0.3, 0.4) is 0 Å². The highest BCUT2D eigenvalue weighted by molar-refractivity contribution is 5.89. The number of hydrogen-bond acceptors (Lipinski definition) is 4. The molecule has 1 aromatic carbocycles. The van der Waals surface area contributed by atoms with E-state index >= 15 is 0 Å². The molecule has 0 heterocycles. The number of allylic oxidation sites excluding steroid dienone is 1. The van der Waals surface area contributed by atoms with E-state index < -0.39 is 35.8 Å². The molecule has 0 radical (unpaired) electrons. The van der Waals surface area contributed by atoms with E-state index in [-0.39, 0.29) is 6.42 Å². The van der Waals surface area contributed by atoms with Crippen molar-refractivity contribution >= 4 is 24.0 Å². The molecule has 4 atom stereocenters. The molecule has 0 bridgehead atoms. The SMILES string of the molecule is CC(C/C=C/c1ccccc1)CC(C)CCCCCC(C(=O)O)C(O)(CC(=O)O)C(=O)O. The first-order chi connectivity index (χ1) is 15.1. The summed E-state index contributed by atoms with van der Waals surface area (Å²) >= 11 is 0. The number of rotatable bonds is 16. The topological polar surface area (TPSA) is 132 Å². The Labute approximate surface area is 189 Å². The summed E-state index contributed by atoms with van der Waals surface area (Å²) < 4.78 is 0. The van der Waals surface area contributed by atoms with Crippen LogP contribution < -0.4 is 0 Å². The van der Waals surface area contributed by atoms with Crippen LogP contribution in [-0.4, -0.2) is 43.9 Å². The second-order valence-corrected chi connectivity index (χ2v) is 8.82. The second-order valence-electron chi connectivity index (χ2n) is 8.82. The van der Waals surface area contributed by atoms with Gasteiger partial charge in [-0.05, 0) is 36.7 Å². The summed E-state index contributed by atoms with van der Waals surface area (Å²) in [4.78, 5) is 33.7. The summed E-state index contributed by atoms with van der Waals surface area (Å²) in [6, 6.07) is 10.2. The third-order valence-electron chi connectivity index (χ3n) is 5.81. The first kappa shape index (κ1) is 27.4. The van der Waals surface area contributed by atoms with Gasteiger partial charge in [-0.15, -0.1) is 0 Å². The number of aliphatic hydroxyl groups is 1. The van der Waals surface area contributed by atoms with E-state index in [2.05, 4.69) is 38.1 Å². The molecule has 178 valence electrons. The van der Waals surface area contributed by atoms with E-state index in [1.54, 1.807) is 0 Å². The number of benzene rings is 1. The van der Waals surface area contributed by atoms with Crippen LogP contribution in [0, 0.1) is 17.8 Å². The summed E-state index contributed by atoms with van der Waals surface area (Å²) in [5, 5.41) is 37.6. The molecule has 0 saturated carbocycles. The van der Waals surface area contributed by atoms with Gasteiger partial charge in [0.15, 0.2) is 5.60 Å². The fourth-order valence-corrected chi connectivity index (χ4v) is 4.06. The standard InChI is InChI=1S/C25H36O7/c1-18(16-19(2)11-9-14-20-12-6-4-7-13-20)10-5-3-8-15-21(23(28)29)25(32,24(30)31)17-22(26)27/h4,6-7,9,12-14,18-19,21,32H,3,5,8,10-11,15-17H2,1-2H3,(H,26,27)(H,28,29)(H,30,31)/b14-9+. The van der Waals surface area contributed by atoms with E-state index in [0.29, 0.717) is 24.7 Å². The molecule has 7 heteroatoms. The molecule has 0 saturated heterocycles. The predicted molar refractivity (Wildman–Crippen MR) is 122 cm³/mol. The molecule has 0 amide bonds. The Balaban J connectivity index is 2.37. The van der Waals surface area contributed by atoms with Gasteiger partial charge < -0.3 is 20.4 Å². The molecule has 7 nitrogen and oxygen atoms in total. The van der Waals surface area contributed by atoms with Gasteiger partial charge in [-0.1, -0.05) is 82.0 Å². The quantitative estimate of drug-likeness (QED) is 0.270. The van der Waals surface area contributed by atoms with Crippen molar-refractivity contribution < 1.29 is 34.8 Å². The van der Waals surface area contributed by atoms with E-state index in [9.17, 15) is 29.7 Å². The minimum absolute atomic E-state index is 0.0829. The number of carboxylic acids is 3. The lowest BCUT2D eigenvalue weighted by Gasteiger charge is -2.28. The lowest BCUT2D eigenvalue weighted by molar-refractivity contribution is -0.179. The molecule has 0 spiro atoms. The van der Waals surface area contributed by atoms with Crippen LogP contribution >= 0.6 is 0 Å². The first-order valence-electron chi connectivity index (χ1n) is 11.2. The van der Waals surface area contributed by atoms with E-state index in [1.807, 2.05) is 18.2 Å². The smallest absolute Gasteiger partial charge is 0.337 e. The van der Waals surface area contributed by atoms with E-state index in [0.717, 1.165) is 25.7 Å². The minimum atomic E-state index is -2.81. The van der Waals surface area contributed by atoms with Crippen molar-refractivity contribution in [3.8, 4) is 0 Å². The largest absolute Gasteiger partial charge is 0.481 e. The highest BCUT2D eigenvalue weighted by Crippen LogP contribution is 2.29. The van der Waals surface area contributed by atoms with Gasteiger partial charge in [-0.25, -0.2) is 4.79 Å². The van der Waals surface area contributed by atoms with Gasteiger partial charge in [0.1, 0.15) is 0 Å². The predicted octanol–water partition coefficient (Wildman–Crippen LogP) is 4.69. The molecule has 32 heavy (non-hydrogen) atoms.